The molecule has 23 heavy (non-hydrogen) atoms. The summed E-state index contributed by atoms with van der Waals surface area (Å²) in [5.41, 5.74) is 1.46. The lowest BCUT2D eigenvalue weighted by Gasteiger charge is -2.34. The third-order valence-electron chi connectivity index (χ3n) is 3.88. The number of pyridine rings is 1. The molecule has 0 saturated carbocycles. The van der Waals surface area contributed by atoms with E-state index in [1.165, 1.54) is 11.0 Å². The molecular weight excluding hydrogens is 297 g/mol. The van der Waals surface area contributed by atoms with Gasteiger partial charge in [-0.3, -0.25) is 14.6 Å². The van der Waals surface area contributed by atoms with Crippen LogP contribution in [0.4, 0.5) is 10.1 Å². The molecule has 1 aliphatic heterocycles. The van der Waals surface area contributed by atoms with Gasteiger partial charge in [0.05, 0.1) is 11.9 Å². The average Bonchev–Trinajstić information content (AvgIpc) is 2.57. The van der Waals surface area contributed by atoms with Gasteiger partial charge in [0.25, 0.3) is 5.91 Å². The second-order valence-corrected chi connectivity index (χ2v) is 5.45. The first-order valence-electron chi connectivity index (χ1n) is 7.32. The number of nitrogens with zero attached hydrogens (tertiary/aromatic N) is 3. The van der Waals surface area contributed by atoms with Gasteiger partial charge >= 0.3 is 0 Å². The van der Waals surface area contributed by atoms with Gasteiger partial charge in [0.2, 0.25) is 5.91 Å². The van der Waals surface area contributed by atoms with Gasteiger partial charge in [-0.05, 0) is 36.8 Å². The number of carbonyl (C=O) groups is 2. The summed E-state index contributed by atoms with van der Waals surface area (Å²) in [6.07, 6.45) is 3.25. The van der Waals surface area contributed by atoms with Crippen LogP contribution in [0.3, 0.4) is 0 Å². The van der Waals surface area contributed by atoms with Gasteiger partial charge in [-0.25, -0.2) is 4.39 Å². The lowest BCUT2D eigenvalue weighted by molar-refractivity contribution is -0.120. The van der Waals surface area contributed by atoms with E-state index in [4.69, 9.17) is 0 Å². The van der Waals surface area contributed by atoms with Gasteiger partial charge in [0, 0.05) is 24.8 Å². The van der Waals surface area contributed by atoms with Crippen molar-refractivity contribution in [1.82, 2.24) is 9.88 Å². The maximum Gasteiger partial charge on any atom is 0.254 e. The molecule has 2 heterocycles. The second-order valence-electron chi connectivity index (χ2n) is 5.45. The number of hydrogen-bond acceptors (Lipinski definition) is 3. The van der Waals surface area contributed by atoms with E-state index in [0.29, 0.717) is 24.3 Å². The number of aromatic nitrogens is 1. The third kappa shape index (κ3) is 3.06. The molecule has 0 spiro atoms. The number of rotatable bonds is 2. The third-order valence-corrected chi connectivity index (χ3v) is 3.88. The fourth-order valence-corrected chi connectivity index (χ4v) is 2.54. The first-order valence-corrected chi connectivity index (χ1v) is 7.32. The van der Waals surface area contributed by atoms with Gasteiger partial charge in [-0.15, -0.1) is 0 Å². The van der Waals surface area contributed by atoms with Crippen LogP contribution < -0.4 is 4.90 Å². The first-order chi connectivity index (χ1) is 11.1. The Morgan fingerprint density at radius 1 is 1.26 bits per heavy atom. The highest BCUT2D eigenvalue weighted by Crippen LogP contribution is 2.18. The van der Waals surface area contributed by atoms with Crippen LogP contribution in [0.25, 0.3) is 0 Å². The molecule has 6 heteroatoms. The summed E-state index contributed by atoms with van der Waals surface area (Å²) in [5, 5.41) is 0. The van der Waals surface area contributed by atoms with Gasteiger partial charge in [0.15, 0.2) is 0 Å². The van der Waals surface area contributed by atoms with Crippen molar-refractivity contribution in [1.29, 1.82) is 0 Å². The summed E-state index contributed by atoms with van der Waals surface area (Å²) in [6, 6.07) is 7.93. The molecule has 1 saturated heterocycles. The monoisotopic (exact) mass is 313 g/mol. The fourth-order valence-electron chi connectivity index (χ4n) is 2.54. The summed E-state index contributed by atoms with van der Waals surface area (Å²) >= 11 is 0. The van der Waals surface area contributed by atoms with E-state index in [1.54, 1.807) is 48.5 Å². The molecular formula is C17H16FN3O2. The van der Waals surface area contributed by atoms with Crippen molar-refractivity contribution in [3.05, 3.63) is 59.7 Å². The SMILES string of the molecule is Cc1ccc(C(=O)N2CCN(c3cccnc3)C(=O)C2)cc1F. The number of amides is 2. The van der Waals surface area contributed by atoms with Crippen LogP contribution in [0.15, 0.2) is 42.7 Å². The van der Waals surface area contributed by atoms with Crippen molar-refractivity contribution >= 4 is 17.5 Å². The number of halogens is 1. The zero-order chi connectivity index (χ0) is 16.4. The minimum Gasteiger partial charge on any atom is -0.328 e. The molecule has 2 aromatic rings. The standard InChI is InChI=1S/C17H16FN3O2/c1-12-4-5-13(9-15(12)18)17(23)20-7-8-21(16(22)11-20)14-3-2-6-19-10-14/h2-6,9-10H,7-8,11H2,1H3. The summed E-state index contributed by atoms with van der Waals surface area (Å²) in [4.78, 5) is 31.8. The number of anilines is 1. The van der Waals surface area contributed by atoms with Crippen LogP contribution in [0.2, 0.25) is 0 Å². The molecule has 0 bridgehead atoms. The van der Waals surface area contributed by atoms with Gasteiger partial charge in [-0.2, -0.15) is 0 Å². The quantitative estimate of drug-likeness (QED) is 0.852. The van der Waals surface area contributed by atoms with Crippen LogP contribution in [-0.2, 0) is 4.79 Å². The summed E-state index contributed by atoms with van der Waals surface area (Å²) in [6.45, 7) is 2.41. The molecule has 0 aliphatic carbocycles. The maximum absolute atomic E-state index is 13.6. The van der Waals surface area contributed by atoms with Crippen LogP contribution in [0.1, 0.15) is 15.9 Å². The van der Waals surface area contributed by atoms with Crippen molar-refractivity contribution in [3.8, 4) is 0 Å². The van der Waals surface area contributed by atoms with E-state index in [2.05, 4.69) is 4.98 Å². The Morgan fingerprint density at radius 3 is 2.74 bits per heavy atom. The Morgan fingerprint density at radius 2 is 2.09 bits per heavy atom. The highest BCUT2D eigenvalue weighted by Gasteiger charge is 2.28. The van der Waals surface area contributed by atoms with Crippen molar-refractivity contribution in [2.45, 2.75) is 6.92 Å². The van der Waals surface area contributed by atoms with Crippen molar-refractivity contribution in [2.24, 2.45) is 0 Å². The number of carbonyl (C=O) groups excluding carboxylic acids is 2. The minimum absolute atomic E-state index is 0.0246. The molecule has 118 valence electrons. The fraction of sp³-hybridized carbons (Fsp3) is 0.235. The maximum atomic E-state index is 13.6. The summed E-state index contributed by atoms with van der Waals surface area (Å²) < 4.78 is 13.6. The van der Waals surface area contributed by atoms with E-state index in [-0.39, 0.29) is 23.9 Å². The zero-order valence-electron chi connectivity index (χ0n) is 12.7. The minimum atomic E-state index is -0.420. The molecule has 1 aromatic heterocycles. The molecule has 0 N–H and O–H groups in total. The molecule has 0 unspecified atom stereocenters. The largest absolute Gasteiger partial charge is 0.328 e. The number of benzene rings is 1. The van der Waals surface area contributed by atoms with E-state index in [0.717, 1.165) is 0 Å². The average molecular weight is 313 g/mol. The van der Waals surface area contributed by atoms with Crippen LogP contribution in [0, 0.1) is 12.7 Å². The molecule has 1 aromatic carbocycles. The van der Waals surface area contributed by atoms with Crippen molar-refractivity contribution in [3.63, 3.8) is 0 Å². The molecule has 0 atom stereocenters. The Labute approximate surface area is 133 Å². The Kier molecular flexibility index (Phi) is 4.06. The molecule has 1 aliphatic rings. The van der Waals surface area contributed by atoms with Gasteiger partial charge in [0.1, 0.15) is 12.4 Å². The van der Waals surface area contributed by atoms with Gasteiger partial charge < -0.3 is 9.80 Å². The van der Waals surface area contributed by atoms with E-state index in [1.807, 2.05) is 0 Å². The lowest BCUT2D eigenvalue weighted by Crippen LogP contribution is -2.52. The number of aryl methyl sites for hydroxylation is 1. The molecule has 2 amide bonds. The molecule has 3 rings (SSSR count). The summed E-state index contributed by atoms with van der Waals surface area (Å²) in [7, 11) is 0. The predicted molar refractivity (Wildman–Crippen MR) is 83.6 cm³/mol. The van der Waals surface area contributed by atoms with E-state index >= 15 is 0 Å². The van der Waals surface area contributed by atoms with Crippen molar-refractivity contribution < 1.29 is 14.0 Å². The lowest BCUT2D eigenvalue weighted by atomic mass is 10.1. The molecule has 1 fully saturated rings. The second kappa shape index (κ2) is 6.16. The Balaban J connectivity index is 1.73. The van der Waals surface area contributed by atoms with Gasteiger partial charge in [-0.1, -0.05) is 6.07 Å². The predicted octanol–water partition coefficient (Wildman–Crippen LogP) is 2.02. The topological polar surface area (TPSA) is 53.5 Å². The smallest absolute Gasteiger partial charge is 0.254 e. The van der Waals surface area contributed by atoms with Crippen LogP contribution >= 0.6 is 0 Å². The molecule has 0 radical (unpaired) electrons. The summed E-state index contributed by atoms with van der Waals surface area (Å²) in [5.74, 6) is -0.926. The molecule has 5 nitrogen and oxygen atoms in total. The van der Waals surface area contributed by atoms with E-state index in [9.17, 15) is 14.0 Å². The highest BCUT2D eigenvalue weighted by molar-refractivity contribution is 6.01. The zero-order valence-corrected chi connectivity index (χ0v) is 12.7. The normalized spacial score (nSPS) is 15.0. The van der Waals surface area contributed by atoms with Crippen molar-refractivity contribution in [2.75, 3.05) is 24.5 Å². The number of hydrogen-bond donors (Lipinski definition) is 0. The Hall–Kier alpha value is -2.76. The first kappa shape index (κ1) is 15.1. The van der Waals surface area contributed by atoms with E-state index < -0.39 is 5.82 Å². The number of piperazine rings is 1. The highest BCUT2D eigenvalue weighted by atomic mass is 19.1. The Bertz CT molecular complexity index is 749. The van der Waals surface area contributed by atoms with Crippen LogP contribution in [-0.4, -0.2) is 41.3 Å². The van der Waals surface area contributed by atoms with Crippen LogP contribution in [0.5, 0.6) is 0 Å².